The minimum absolute atomic E-state index is 0.0615. The zero-order valence-electron chi connectivity index (χ0n) is 45.9. The molecule has 398 valence electrons. The highest BCUT2D eigenvalue weighted by molar-refractivity contribution is 5.71. The first-order valence-electron chi connectivity index (χ1n) is 30.4. The van der Waals surface area contributed by atoms with E-state index in [-0.39, 0.29) is 31.1 Å². The highest BCUT2D eigenvalue weighted by atomic mass is 16.6. The Morgan fingerprint density at radius 3 is 0.731 bits per heavy atom. The lowest BCUT2D eigenvalue weighted by Gasteiger charge is -2.18. The summed E-state index contributed by atoms with van der Waals surface area (Å²) in [5, 5.41) is 0. The Balaban J connectivity index is 4.28. The average Bonchev–Trinajstić information content (AvgIpc) is 3.31. The number of rotatable bonds is 56. The second kappa shape index (κ2) is 55.3. The molecule has 0 bridgehead atoms. The van der Waals surface area contributed by atoms with Gasteiger partial charge in [-0.05, 0) is 25.2 Å². The van der Waals surface area contributed by atoms with E-state index in [1.165, 1.54) is 244 Å². The van der Waals surface area contributed by atoms with Crippen molar-refractivity contribution in [2.45, 2.75) is 355 Å². The van der Waals surface area contributed by atoms with E-state index in [1.807, 2.05) is 0 Å². The molecule has 0 aromatic heterocycles. The van der Waals surface area contributed by atoms with E-state index in [0.717, 1.165) is 63.7 Å². The van der Waals surface area contributed by atoms with Crippen LogP contribution in [0.5, 0.6) is 0 Å². The van der Waals surface area contributed by atoms with Gasteiger partial charge in [-0.1, -0.05) is 310 Å². The van der Waals surface area contributed by atoms with Crippen molar-refractivity contribution in [3.8, 4) is 0 Å². The maximum absolute atomic E-state index is 12.9. The van der Waals surface area contributed by atoms with E-state index in [1.54, 1.807) is 0 Å². The van der Waals surface area contributed by atoms with Gasteiger partial charge in [-0.15, -0.1) is 0 Å². The lowest BCUT2D eigenvalue weighted by Crippen LogP contribution is -2.30. The Labute approximate surface area is 418 Å². The van der Waals surface area contributed by atoms with E-state index in [0.29, 0.717) is 19.3 Å². The van der Waals surface area contributed by atoms with Crippen LogP contribution in [0.3, 0.4) is 0 Å². The topological polar surface area (TPSA) is 78.9 Å². The molecule has 0 aliphatic heterocycles. The molecule has 0 aliphatic rings. The van der Waals surface area contributed by atoms with Gasteiger partial charge in [0.15, 0.2) is 6.10 Å². The second-order valence-corrected chi connectivity index (χ2v) is 21.5. The first kappa shape index (κ1) is 65.4. The molecule has 0 saturated carbocycles. The Morgan fingerprint density at radius 2 is 0.493 bits per heavy atom. The summed E-state index contributed by atoms with van der Waals surface area (Å²) >= 11 is 0. The highest BCUT2D eigenvalue weighted by Gasteiger charge is 2.19. The normalized spacial score (nSPS) is 12.0. The summed E-state index contributed by atoms with van der Waals surface area (Å²) in [4.78, 5) is 38.2. The summed E-state index contributed by atoms with van der Waals surface area (Å²) in [6, 6.07) is 0. The molecule has 0 spiro atoms. The van der Waals surface area contributed by atoms with Crippen molar-refractivity contribution in [1.82, 2.24) is 0 Å². The lowest BCUT2D eigenvalue weighted by atomic mass is 10.0. The fraction of sp³-hybridized carbons (Fsp3) is 0.951. The molecule has 0 heterocycles. The van der Waals surface area contributed by atoms with E-state index in [4.69, 9.17) is 14.2 Å². The Hall–Kier alpha value is -1.59. The Kier molecular flexibility index (Phi) is 54.0. The molecule has 0 aliphatic carbocycles. The van der Waals surface area contributed by atoms with Crippen molar-refractivity contribution in [2.24, 2.45) is 5.92 Å². The van der Waals surface area contributed by atoms with Crippen molar-refractivity contribution in [2.75, 3.05) is 13.2 Å². The molecule has 0 aromatic carbocycles. The van der Waals surface area contributed by atoms with Crippen LogP contribution in [0.1, 0.15) is 349 Å². The maximum Gasteiger partial charge on any atom is 0.306 e. The monoisotopic (exact) mass is 947 g/mol. The second-order valence-electron chi connectivity index (χ2n) is 21.5. The van der Waals surface area contributed by atoms with Crippen molar-refractivity contribution in [3.05, 3.63) is 0 Å². The van der Waals surface area contributed by atoms with Gasteiger partial charge in [0.2, 0.25) is 0 Å². The third-order valence-electron chi connectivity index (χ3n) is 14.0. The summed E-state index contributed by atoms with van der Waals surface area (Å²) in [7, 11) is 0. The van der Waals surface area contributed by atoms with Crippen molar-refractivity contribution in [3.63, 3.8) is 0 Å². The van der Waals surface area contributed by atoms with E-state index >= 15 is 0 Å². The van der Waals surface area contributed by atoms with Gasteiger partial charge >= 0.3 is 17.9 Å². The van der Waals surface area contributed by atoms with Crippen LogP contribution in [-0.2, 0) is 28.6 Å². The van der Waals surface area contributed by atoms with E-state index in [9.17, 15) is 14.4 Å². The minimum atomic E-state index is -0.762. The summed E-state index contributed by atoms with van der Waals surface area (Å²) < 4.78 is 16.9. The lowest BCUT2D eigenvalue weighted by molar-refractivity contribution is -0.167. The molecular formula is C61H118O6. The number of carbonyl (C=O) groups excluding carboxylic acids is 3. The van der Waals surface area contributed by atoms with Gasteiger partial charge in [0.25, 0.3) is 0 Å². The fourth-order valence-corrected chi connectivity index (χ4v) is 9.46. The molecule has 0 rings (SSSR count). The van der Waals surface area contributed by atoms with Crippen LogP contribution in [0, 0.1) is 5.92 Å². The molecule has 67 heavy (non-hydrogen) atoms. The van der Waals surface area contributed by atoms with E-state index < -0.39 is 6.10 Å². The van der Waals surface area contributed by atoms with Gasteiger partial charge in [-0.25, -0.2) is 0 Å². The SMILES string of the molecule is CCCCCCCCCCCCCCCCCCCCC(=O)OC[C@H](COC(=O)CCCCCCCCCCCCCCCC(C)C)OC(=O)CCCCCCCCCCCCCCCCC. The zero-order valence-corrected chi connectivity index (χ0v) is 45.9. The predicted molar refractivity (Wildman–Crippen MR) is 289 cm³/mol. The standard InChI is InChI=1S/C61H118O6/c1-5-7-9-11-13-15-17-19-21-22-23-25-28-32-36-40-44-48-52-59(62)65-55-58(67-61(64)54-50-46-42-38-34-29-24-20-18-16-14-12-10-8-6-2)56-66-60(63)53-49-45-41-37-33-30-26-27-31-35-39-43-47-51-57(3)4/h57-58H,5-56H2,1-4H3/t58-/m1/s1. The summed E-state index contributed by atoms with van der Waals surface area (Å²) in [5.41, 5.74) is 0. The van der Waals surface area contributed by atoms with Gasteiger partial charge in [-0.2, -0.15) is 0 Å². The molecule has 0 N–H and O–H groups in total. The summed E-state index contributed by atoms with van der Waals surface area (Å²) in [5.74, 6) is 0.00849. The van der Waals surface area contributed by atoms with Crippen molar-refractivity contribution < 1.29 is 28.6 Å². The number of hydrogen-bond acceptors (Lipinski definition) is 6. The Morgan fingerprint density at radius 1 is 0.284 bits per heavy atom. The van der Waals surface area contributed by atoms with Crippen LogP contribution in [0.25, 0.3) is 0 Å². The summed E-state index contributed by atoms with van der Waals surface area (Å²) in [6.07, 6.45) is 60.9. The molecule has 0 unspecified atom stereocenters. The first-order valence-corrected chi connectivity index (χ1v) is 30.4. The van der Waals surface area contributed by atoms with Gasteiger partial charge in [0.1, 0.15) is 13.2 Å². The fourth-order valence-electron chi connectivity index (χ4n) is 9.46. The van der Waals surface area contributed by atoms with Crippen molar-refractivity contribution >= 4 is 17.9 Å². The molecule has 0 aromatic rings. The molecule has 6 nitrogen and oxygen atoms in total. The van der Waals surface area contributed by atoms with Gasteiger partial charge in [-0.3, -0.25) is 14.4 Å². The highest BCUT2D eigenvalue weighted by Crippen LogP contribution is 2.18. The predicted octanol–water partition coefficient (Wildman–Crippen LogP) is 20.2. The minimum Gasteiger partial charge on any atom is -0.462 e. The number of carbonyl (C=O) groups is 3. The quantitative estimate of drug-likeness (QED) is 0.0343. The summed E-state index contributed by atoms with van der Waals surface area (Å²) in [6.45, 7) is 9.08. The number of ether oxygens (including phenoxy) is 3. The molecule has 6 heteroatoms. The van der Waals surface area contributed by atoms with Crippen LogP contribution >= 0.6 is 0 Å². The smallest absolute Gasteiger partial charge is 0.306 e. The van der Waals surface area contributed by atoms with Crippen LogP contribution in [0.15, 0.2) is 0 Å². The number of esters is 3. The first-order chi connectivity index (χ1) is 32.9. The molecule has 0 fully saturated rings. The molecule has 1 atom stereocenters. The van der Waals surface area contributed by atoms with Crippen LogP contribution in [0.2, 0.25) is 0 Å². The number of hydrogen-bond donors (Lipinski definition) is 0. The van der Waals surface area contributed by atoms with Crippen LogP contribution in [0.4, 0.5) is 0 Å². The maximum atomic E-state index is 12.9. The van der Waals surface area contributed by atoms with Crippen LogP contribution in [-0.4, -0.2) is 37.2 Å². The van der Waals surface area contributed by atoms with Gasteiger partial charge < -0.3 is 14.2 Å². The van der Waals surface area contributed by atoms with Crippen molar-refractivity contribution in [1.29, 1.82) is 0 Å². The molecule has 0 amide bonds. The Bertz CT molecular complexity index is 1010. The average molecular weight is 948 g/mol. The van der Waals surface area contributed by atoms with E-state index in [2.05, 4.69) is 27.7 Å². The molecule has 0 radical (unpaired) electrons. The van der Waals surface area contributed by atoms with Crippen LogP contribution < -0.4 is 0 Å². The molecule has 0 saturated heterocycles. The van der Waals surface area contributed by atoms with Gasteiger partial charge in [0, 0.05) is 19.3 Å². The van der Waals surface area contributed by atoms with Gasteiger partial charge in [0.05, 0.1) is 0 Å². The third-order valence-corrected chi connectivity index (χ3v) is 14.0. The number of unbranched alkanes of at least 4 members (excludes halogenated alkanes) is 43. The third kappa shape index (κ3) is 55.2. The zero-order chi connectivity index (χ0) is 48.8. The molecular weight excluding hydrogens is 829 g/mol. The largest absolute Gasteiger partial charge is 0.462 e.